The summed E-state index contributed by atoms with van der Waals surface area (Å²) in [6.45, 7) is 3.65. The number of aromatic carboxylic acids is 1. The van der Waals surface area contributed by atoms with Gasteiger partial charge in [-0.05, 0) is 26.0 Å². The fraction of sp³-hybridized carbons (Fsp3) is 0.231. The molecule has 0 aliphatic carbocycles. The molecule has 0 amide bonds. The van der Waals surface area contributed by atoms with Crippen LogP contribution in [0.2, 0.25) is 0 Å². The second-order valence-electron chi connectivity index (χ2n) is 4.48. The smallest absolute Gasteiger partial charge is 0.337 e. The van der Waals surface area contributed by atoms with Gasteiger partial charge >= 0.3 is 5.97 Å². The summed E-state index contributed by atoms with van der Waals surface area (Å²) < 4.78 is 5.39. The van der Waals surface area contributed by atoms with Crippen molar-refractivity contribution in [1.82, 2.24) is 0 Å². The maximum Gasteiger partial charge on any atom is 0.337 e. The largest absolute Gasteiger partial charge is 0.478 e. The molecule has 1 aliphatic rings. The van der Waals surface area contributed by atoms with Crippen LogP contribution in [0.4, 0.5) is 5.69 Å². The number of nitrogens with zero attached hydrogens (tertiary/aromatic N) is 1. The number of hydrogen-bond acceptors (Lipinski definition) is 4. The molecule has 0 spiro atoms. The highest BCUT2D eigenvalue weighted by atomic mass is 16.5. The summed E-state index contributed by atoms with van der Waals surface area (Å²) in [6.07, 6.45) is 1.61. The average molecular weight is 246 g/mol. The van der Waals surface area contributed by atoms with E-state index in [1.54, 1.807) is 24.3 Å². The Morgan fingerprint density at radius 2 is 2.06 bits per heavy atom. The third-order valence-corrected chi connectivity index (χ3v) is 2.64. The van der Waals surface area contributed by atoms with Gasteiger partial charge < -0.3 is 15.6 Å². The Hall–Kier alpha value is -2.30. The van der Waals surface area contributed by atoms with Gasteiger partial charge in [-0.2, -0.15) is 0 Å². The second kappa shape index (κ2) is 4.18. The van der Waals surface area contributed by atoms with Crippen LogP contribution in [0.15, 0.2) is 41.2 Å². The molecule has 0 aromatic heterocycles. The number of carboxylic acid groups (broad SMARTS) is 1. The molecule has 5 heteroatoms. The van der Waals surface area contributed by atoms with Crippen LogP contribution < -0.4 is 5.73 Å². The van der Waals surface area contributed by atoms with E-state index >= 15 is 0 Å². The number of aliphatic imine (C=N–C) groups is 1. The Morgan fingerprint density at radius 1 is 1.39 bits per heavy atom. The molecule has 1 heterocycles. The minimum Gasteiger partial charge on any atom is -0.478 e. The van der Waals surface area contributed by atoms with Crippen molar-refractivity contribution in [2.75, 3.05) is 0 Å². The number of rotatable bonds is 2. The first-order chi connectivity index (χ1) is 8.40. The van der Waals surface area contributed by atoms with Crippen LogP contribution in [-0.4, -0.2) is 22.4 Å². The molecular formula is C13H14N2O3. The van der Waals surface area contributed by atoms with Crippen molar-refractivity contribution in [2.45, 2.75) is 19.4 Å². The first kappa shape index (κ1) is 12.2. The van der Waals surface area contributed by atoms with Gasteiger partial charge in [0.05, 0.1) is 17.0 Å². The summed E-state index contributed by atoms with van der Waals surface area (Å²) in [5.41, 5.74) is 6.10. The second-order valence-corrected chi connectivity index (χ2v) is 4.48. The van der Waals surface area contributed by atoms with E-state index in [0.29, 0.717) is 11.4 Å². The monoisotopic (exact) mass is 246 g/mol. The number of carboxylic acids is 1. The van der Waals surface area contributed by atoms with Gasteiger partial charge in [-0.25, -0.2) is 9.79 Å². The van der Waals surface area contributed by atoms with E-state index in [9.17, 15) is 4.79 Å². The van der Waals surface area contributed by atoms with E-state index in [1.807, 2.05) is 13.8 Å². The Balaban J connectivity index is 2.49. The molecule has 3 N–H and O–H groups in total. The normalized spacial score (nSPS) is 19.4. The first-order valence-electron chi connectivity index (χ1n) is 5.48. The predicted octanol–water partition coefficient (Wildman–Crippen LogP) is 2.07. The molecule has 0 bridgehead atoms. The lowest BCUT2D eigenvalue weighted by Crippen LogP contribution is -2.28. The van der Waals surface area contributed by atoms with Crippen LogP contribution >= 0.6 is 0 Å². The third-order valence-electron chi connectivity index (χ3n) is 2.64. The van der Waals surface area contributed by atoms with E-state index < -0.39 is 11.6 Å². The number of hydrogen-bond donors (Lipinski definition) is 2. The van der Waals surface area contributed by atoms with Crippen molar-refractivity contribution < 1.29 is 14.6 Å². The van der Waals surface area contributed by atoms with Crippen LogP contribution in [0.1, 0.15) is 24.2 Å². The lowest BCUT2D eigenvalue weighted by Gasteiger charge is -2.19. The van der Waals surface area contributed by atoms with Crippen LogP contribution in [-0.2, 0) is 4.74 Å². The lowest BCUT2D eigenvalue weighted by atomic mass is 10.0. The number of para-hydroxylation sites is 1. The van der Waals surface area contributed by atoms with Crippen molar-refractivity contribution in [3.8, 4) is 0 Å². The Bertz CT molecular complexity index is 559. The summed E-state index contributed by atoms with van der Waals surface area (Å²) in [6, 6.07) is 6.56. The summed E-state index contributed by atoms with van der Waals surface area (Å²) in [4.78, 5) is 15.4. The van der Waals surface area contributed by atoms with Gasteiger partial charge in [0, 0.05) is 6.08 Å². The topological polar surface area (TPSA) is 84.9 Å². The van der Waals surface area contributed by atoms with E-state index in [2.05, 4.69) is 4.99 Å². The molecule has 94 valence electrons. The van der Waals surface area contributed by atoms with Crippen LogP contribution in [0.3, 0.4) is 0 Å². The molecule has 2 rings (SSSR count). The van der Waals surface area contributed by atoms with Gasteiger partial charge in [-0.1, -0.05) is 12.1 Å². The van der Waals surface area contributed by atoms with Gasteiger partial charge in [-0.3, -0.25) is 0 Å². The number of ether oxygens (including phenoxy) is 1. The molecule has 0 unspecified atom stereocenters. The number of nitrogens with two attached hydrogens (primary N) is 1. The van der Waals surface area contributed by atoms with Crippen LogP contribution in [0.5, 0.6) is 0 Å². The molecule has 1 aromatic rings. The molecule has 0 atom stereocenters. The Labute approximate surface area is 105 Å². The van der Waals surface area contributed by atoms with E-state index in [-0.39, 0.29) is 11.4 Å². The molecule has 0 saturated carbocycles. The van der Waals surface area contributed by atoms with Crippen molar-refractivity contribution in [3.05, 3.63) is 41.8 Å². The van der Waals surface area contributed by atoms with Crippen molar-refractivity contribution in [2.24, 2.45) is 10.7 Å². The minimum absolute atomic E-state index is 0.152. The molecule has 0 fully saturated rings. The van der Waals surface area contributed by atoms with Gasteiger partial charge in [-0.15, -0.1) is 0 Å². The van der Waals surface area contributed by atoms with Gasteiger partial charge in [0.1, 0.15) is 5.60 Å². The van der Waals surface area contributed by atoms with Crippen LogP contribution in [0, 0.1) is 0 Å². The lowest BCUT2D eigenvalue weighted by molar-refractivity contribution is 0.0697. The number of carbonyl (C=O) groups is 1. The van der Waals surface area contributed by atoms with Gasteiger partial charge in [0.2, 0.25) is 0 Å². The zero-order valence-electron chi connectivity index (χ0n) is 10.2. The van der Waals surface area contributed by atoms with E-state index in [4.69, 9.17) is 15.6 Å². The minimum atomic E-state index is -1.01. The maximum atomic E-state index is 11.1. The first-order valence-corrected chi connectivity index (χ1v) is 5.48. The molecule has 1 aliphatic heterocycles. The molecule has 0 radical (unpaired) electrons. The zero-order valence-corrected chi connectivity index (χ0v) is 10.2. The summed E-state index contributed by atoms with van der Waals surface area (Å²) >= 11 is 0. The van der Waals surface area contributed by atoms with Crippen molar-refractivity contribution in [3.63, 3.8) is 0 Å². The SMILES string of the molecule is CC1(C)OC(N)=CC1=Nc1ccccc1C(=O)O. The van der Waals surface area contributed by atoms with Crippen molar-refractivity contribution in [1.29, 1.82) is 0 Å². The maximum absolute atomic E-state index is 11.1. The fourth-order valence-electron chi connectivity index (χ4n) is 1.73. The standard InChI is InChI=1S/C13H14N2O3/c1-13(2)10(7-11(14)18-13)15-9-6-4-3-5-8(9)12(16)17/h3-7H,14H2,1-2H3,(H,16,17). The summed E-state index contributed by atoms with van der Waals surface area (Å²) in [5.74, 6) is -0.727. The molecule has 1 aromatic carbocycles. The predicted molar refractivity (Wildman–Crippen MR) is 67.9 cm³/mol. The summed E-state index contributed by atoms with van der Waals surface area (Å²) in [5, 5.41) is 9.08. The van der Waals surface area contributed by atoms with Crippen molar-refractivity contribution >= 4 is 17.4 Å². The highest BCUT2D eigenvalue weighted by Crippen LogP contribution is 2.27. The molecule has 5 nitrogen and oxygen atoms in total. The highest BCUT2D eigenvalue weighted by Gasteiger charge is 2.32. The van der Waals surface area contributed by atoms with Crippen LogP contribution in [0.25, 0.3) is 0 Å². The highest BCUT2D eigenvalue weighted by molar-refractivity contribution is 6.06. The third kappa shape index (κ3) is 2.20. The zero-order chi connectivity index (χ0) is 13.3. The molecular weight excluding hydrogens is 232 g/mol. The molecule has 18 heavy (non-hydrogen) atoms. The quantitative estimate of drug-likeness (QED) is 0.836. The molecule has 0 saturated heterocycles. The van der Waals surface area contributed by atoms with Gasteiger partial charge in [0.25, 0.3) is 0 Å². The van der Waals surface area contributed by atoms with Gasteiger partial charge in [0.15, 0.2) is 5.88 Å². The fourth-order valence-corrected chi connectivity index (χ4v) is 1.73. The number of benzene rings is 1. The van der Waals surface area contributed by atoms with E-state index in [1.165, 1.54) is 6.07 Å². The Morgan fingerprint density at radius 3 is 2.61 bits per heavy atom. The summed E-state index contributed by atoms with van der Waals surface area (Å²) in [7, 11) is 0. The average Bonchev–Trinajstić information content (AvgIpc) is 2.52. The Kier molecular flexibility index (Phi) is 2.82. The van der Waals surface area contributed by atoms with E-state index in [0.717, 1.165) is 0 Å².